The first kappa shape index (κ1) is 36.9. The summed E-state index contributed by atoms with van der Waals surface area (Å²) in [4.78, 5) is 42.2. The van der Waals surface area contributed by atoms with Gasteiger partial charge in [-0.05, 0) is 87.1 Å². The number of aldehydes is 1. The van der Waals surface area contributed by atoms with Crippen molar-refractivity contribution in [1.82, 2.24) is 10.2 Å². The number of amides is 1. The van der Waals surface area contributed by atoms with Crippen LogP contribution in [0.5, 0.6) is 0 Å². The fraction of sp³-hybridized carbons (Fsp3) is 0.405. The van der Waals surface area contributed by atoms with Crippen molar-refractivity contribution in [3.8, 4) is 0 Å². The van der Waals surface area contributed by atoms with E-state index in [1.807, 2.05) is 73.7 Å². The number of allylic oxidation sites excluding steroid dienone is 5. The molecular weight excluding hydrogens is 621 g/mol. The zero-order valence-corrected chi connectivity index (χ0v) is 28.5. The largest absolute Gasteiger partial charge is 0.481 e. The van der Waals surface area contributed by atoms with Crippen molar-refractivity contribution in [3.05, 3.63) is 99.6 Å². The quantitative estimate of drug-likeness (QED) is 0.164. The molecule has 2 aromatic carbocycles. The first-order chi connectivity index (χ1) is 22.2. The summed E-state index contributed by atoms with van der Waals surface area (Å²) in [6, 6.07) is 13.0. The fourth-order valence-corrected chi connectivity index (χ4v) is 6.44. The third kappa shape index (κ3) is 10.2. The molecular formula is C37H45Cl2N3O4. The summed E-state index contributed by atoms with van der Waals surface area (Å²) < 4.78 is 0. The highest BCUT2D eigenvalue weighted by atomic mass is 35.5. The Kier molecular flexibility index (Phi) is 14.9. The Labute approximate surface area is 283 Å². The van der Waals surface area contributed by atoms with E-state index in [0.29, 0.717) is 27.9 Å². The van der Waals surface area contributed by atoms with E-state index in [2.05, 4.69) is 17.1 Å². The van der Waals surface area contributed by atoms with Crippen molar-refractivity contribution in [2.45, 2.75) is 83.3 Å². The highest BCUT2D eigenvalue weighted by molar-refractivity contribution is 6.45. The highest BCUT2D eigenvalue weighted by Gasteiger charge is 2.49. The van der Waals surface area contributed by atoms with Crippen LogP contribution >= 0.6 is 23.2 Å². The molecule has 1 aliphatic carbocycles. The second kappa shape index (κ2) is 18.6. The van der Waals surface area contributed by atoms with E-state index >= 15 is 0 Å². The zero-order valence-electron chi connectivity index (χ0n) is 27.0. The van der Waals surface area contributed by atoms with E-state index in [0.717, 1.165) is 74.4 Å². The zero-order chi connectivity index (χ0) is 33.5. The first-order valence-corrected chi connectivity index (χ1v) is 16.8. The molecule has 2 aromatic rings. The number of halogens is 2. The van der Waals surface area contributed by atoms with E-state index in [4.69, 9.17) is 33.3 Å². The molecule has 1 aliphatic heterocycles. The Bertz CT molecular complexity index is 1440. The van der Waals surface area contributed by atoms with Gasteiger partial charge in [0, 0.05) is 22.2 Å². The van der Waals surface area contributed by atoms with Crippen molar-refractivity contribution in [2.75, 3.05) is 13.6 Å². The molecule has 46 heavy (non-hydrogen) atoms. The van der Waals surface area contributed by atoms with Crippen molar-refractivity contribution < 1.29 is 19.5 Å². The van der Waals surface area contributed by atoms with Crippen molar-refractivity contribution in [2.24, 2.45) is 4.99 Å². The molecule has 2 N–H and O–H groups in total. The van der Waals surface area contributed by atoms with Gasteiger partial charge in [-0.1, -0.05) is 98.0 Å². The Balaban J connectivity index is 0.000000738. The van der Waals surface area contributed by atoms with Crippen molar-refractivity contribution in [3.63, 3.8) is 0 Å². The van der Waals surface area contributed by atoms with Crippen LogP contribution in [0.3, 0.4) is 0 Å². The number of carboxylic acid groups (broad SMARTS) is 1. The summed E-state index contributed by atoms with van der Waals surface area (Å²) in [5, 5.41) is 11.9. The number of nitrogens with zero attached hydrogens (tertiary/aromatic N) is 2. The lowest BCUT2D eigenvalue weighted by Gasteiger charge is -2.44. The number of aliphatic carboxylic acids is 1. The number of benzene rings is 2. The first-order valence-electron chi connectivity index (χ1n) is 16.0. The maximum absolute atomic E-state index is 14.1. The molecule has 1 spiro atoms. The summed E-state index contributed by atoms with van der Waals surface area (Å²) >= 11 is 12.5. The van der Waals surface area contributed by atoms with Crippen LogP contribution in [0.15, 0.2) is 77.8 Å². The summed E-state index contributed by atoms with van der Waals surface area (Å²) in [5.74, 6) is -0.783. The molecule has 1 fully saturated rings. The van der Waals surface area contributed by atoms with E-state index in [1.54, 1.807) is 13.1 Å². The van der Waals surface area contributed by atoms with E-state index in [1.165, 1.54) is 0 Å². The second-order valence-corrected chi connectivity index (χ2v) is 12.4. The van der Waals surface area contributed by atoms with Crippen molar-refractivity contribution in [1.29, 1.82) is 0 Å². The number of carboxylic acids is 1. The molecule has 246 valence electrons. The van der Waals surface area contributed by atoms with Gasteiger partial charge < -0.3 is 15.3 Å². The van der Waals surface area contributed by atoms with Crippen LogP contribution < -0.4 is 5.32 Å². The fourth-order valence-electron chi connectivity index (χ4n) is 5.91. The predicted octanol–water partition coefficient (Wildman–Crippen LogP) is 8.88. The minimum Gasteiger partial charge on any atom is -0.481 e. The molecule has 1 heterocycles. The summed E-state index contributed by atoms with van der Waals surface area (Å²) in [6.07, 6.45) is 18.6. The van der Waals surface area contributed by atoms with Gasteiger partial charge in [-0.25, -0.2) is 0 Å². The van der Waals surface area contributed by atoms with Gasteiger partial charge in [-0.2, -0.15) is 0 Å². The average molecular weight is 667 g/mol. The molecule has 9 heteroatoms. The molecule has 4 rings (SSSR count). The lowest BCUT2D eigenvalue weighted by Crippen LogP contribution is -2.49. The van der Waals surface area contributed by atoms with Crippen molar-refractivity contribution >= 4 is 52.6 Å². The number of rotatable bonds is 13. The molecule has 1 amide bonds. The van der Waals surface area contributed by atoms with Crippen LogP contribution in [-0.4, -0.2) is 53.1 Å². The van der Waals surface area contributed by atoms with Gasteiger partial charge in [0.1, 0.15) is 17.7 Å². The molecule has 7 nitrogen and oxygen atoms in total. The minimum atomic E-state index is -0.755. The standard InChI is InChI=1S/C33H36Cl2N2O2.C4H9NO2/c1-3-5-13-31(26-16-14-24(23-38)15-17-26)37-32(39)30(36-33(37)18-7-6-8-19-33)12-9-11-25(10-4-2)27-20-28(34)22-29(35)21-27;1-5-3-2-4(6)7/h4,9-12,14-17,20-23,31H,3,5-8,13,18-19H2,1-2H3;5H,2-3H2,1H3,(H,6,7)/b10-4-,12-9+,25-11+;/t31-;/m1./s1. The van der Waals surface area contributed by atoms with Gasteiger partial charge in [0.2, 0.25) is 0 Å². The molecule has 2 aliphatic rings. The van der Waals surface area contributed by atoms with Crippen LogP contribution in [-0.2, 0) is 9.59 Å². The number of hydrogen-bond acceptors (Lipinski definition) is 5. The van der Waals surface area contributed by atoms with Crippen LogP contribution in [0, 0.1) is 0 Å². The molecule has 0 aromatic heterocycles. The highest BCUT2D eigenvalue weighted by Crippen LogP contribution is 2.45. The number of nitrogens with one attached hydrogen (secondary N) is 1. The second-order valence-electron chi connectivity index (χ2n) is 11.5. The van der Waals surface area contributed by atoms with E-state index in [9.17, 15) is 14.4 Å². The van der Waals surface area contributed by atoms with Crippen LogP contribution in [0.1, 0.15) is 99.2 Å². The lowest BCUT2D eigenvalue weighted by atomic mass is 9.86. The number of aliphatic imine (C=N–C) groups is 1. The smallest absolute Gasteiger partial charge is 0.304 e. The van der Waals surface area contributed by atoms with Crippen LogP contribution in [0.2, 0.25) is 10.0 Å². The number of carbonyl (C=O) groups excluding carboxylic acids is 2. The Morgan fingerprint density at radius 2 is 1.78 bits per heavy atom. The van der Waals surface area contributed by atoms with E-state index in [-0.39, 0.29) is 18.4 Å². The molecule has 1 atom stereocenters. The number of carbonyl (C=O) groups is 3. The average Bonchev–Trinajstić information content (AvgIpc) is 3.29. The number of hydrogen-bond donors (Lipinski definition) is 2. The van der Waals surface area contributed by atoms with Gasteiger partial charge in [0.15, 0.2) is 0 Å². The van der Waals surface area contributed by atoms with Gasteiger partial charge in [-0.3, -0.25) is 19.4 Å². The summed E-state index contributed by atoms with van der Waals surface area (Å²) in [6.45, 7) is 4.67. The van der Waals surface area contributed by atoms with Crippen LogP contribution in [0.4, 0.5) is 0 Å². The van der Waals surface area contributed by atoms with Gasteiger partial charge in [0.25, 0.3) is 5.91 Å². The molecule has 1 saturated carbocycles. The number of unbranched alkanes of at least 4 members (excludes halogenated alkanes) is 1. The Morgan fingerprint density at radius 3 is 2.33 bits per heavy atom. The Hall–Kier alpha value is -3.52. The maximum Gasteiger partial charge on any atom is 0.304 e. The third-order valence-electron chi connectivity index (χ3n) is 8.13. The predicted molar refractivity (Wildman–Crippen MR) is 189 cm³/mol. The van der Waals surface area contributed by atoms with Gasteiger partial charge in [-0.15, -0.1) is 0 Å². The normalized spacial score (nSPS) is 16.9. The maximum atomic E-state index is 14.1. The monoisotopic (exact) mass is 665 g/mol. The lowest BCUT2D eigenvalue weighted by molar-refractivity contribution is -0.137. The van der Waals surface area contributed by atoms with Gasteiger partial charge in [0.05, 0.1) is 12.5 Å². The Morgan fingerprint density at radius 1 is 1.11 bits per heavy atom. The topological polar surface area (TPSA) is 99.1 Å². The SMILES string of the molecule is CNCCC(=O)O.C\C=C/C(=C\C=C\C1=NC2(CCCCC2)N([C@H](CCCC)c2ccc(C=O)cc2)C1=O)c1cc(Cl)cc(Cl)c1. The molecule has 0 unspecified atom stereocenters. The van der Waals surface area contributed by atoms with E-state index < -0.39 is 11.6 Å². The third-order valence-corrected chi connectivity index (χ3v) is 8.57. The minimum absolute atomic E-state index is 0.0273. The molecule has 0 bridgehead atoms. The summed E-state index contributed by atoms with van der Waals surface area (Å²) in [5.41, 5.74) is 3.50. The summed E-state index contributed by atoms with van der Waals surface area (Å²) in [7, 11) is 1.73. The van der Waals surface area contributed by atoms with Gasteiger partial charge >= 0.3 is 5.97 Å². The molecule has 0 saturated heterocycles. The molecule has 0 radical (unpaired) electrons. The van der Waals surface area contributed by atoms with Crippen LogP contribution in [0.25, 0.3) is 5.57 Å².